The normalized spacial score (nSPS) is 18.8. The minimum Gasteiger partial charge on any atom is -0.481 e. The number of pyridine rings is 1. The molecule has 3 atom stereocenters. The summed E-state index contributed by atoms with van der Waals surface area (Å²) < 4.78 is 13.1. The highest BCUT2D eigenvalue weighted by atomic mass is 35.5. The highest BCUT2D eigenvalue weighted by Crippen LogP contribution is 2.42. The zero-order chi connectivity index (χ0) is 33.4. The third-order valence-electron chi connectivity index (χ3n) is 8.78. The highest BCUT2D eigenvalue weighted by molar-refractivity contribution is 6.36. The fraction of sp³-hybridized carbons (Fsp3) is 0.324. The van der Waals surface area contributed by atoms with Crippen molar-refractivity contribution < 1.29 is 19.4 Å². The number of fused-ring (bicyclic) bond motifs is 1. The molecule has 0 unspecified atom stereocenters. The van der Waals surface area contributed by atoms with Crippen LogP contribution in [0.3, 0.4) is 0 Å². The number of nitrogens with zero attached hydrogens (tertiary/aromatic N) is 4. The van der Waals surface area contributed by atoms with E-state index < -0.39 is 23.3 Å². The third-order valence-corrected chi connectivity index (χ3v) is 9.18. The molecule has 0 bridgehead atoms. The zero-order valence-corrected chi connectivity index (χ0v) is 26.8. The Morgan fingerprint density at radius 3 is 2.64 bits per heavy atom. The quantitative estimate of drug-likeness (QED) is 0.271. The van der Waals surface area contributed by atoms with Gasteiger partial charge in [0.15, 0.2) is 0 Å². The molecular weight excluding hydrogens is 624 g/mol. The Kier molecular flexibility index (Phi) is 8.98. The second-order valence-electron chi connectivity index (χ2n) is 11.6. The van der Waals surface area contributed by atoms with E-state index in [0.29, 0.717) is 53.5 Å². The molecule has 12 nitrogen and oxygen atoms in total. The van der Waals surface area contributed by atoms with Gasteiger partial charge in [-0.3, -0.25) is 14.2 Å². The summed E-state index contributed by atoms with van der Waals surface area (Å²) in [5, 5.41) is 27.3. The monoisotopic (exact) mass is 656 g/mol. The smallest absolute Gasteiger partial charge is 0.330 e. The number of methoxy groups -OCH3 is 1. The fourth-order valence-electron chi connectivity index (χ4n) is 6.34. The lowest BCUT2D eigenvalue weighted by Crippen LogP contribution is -2.47. The maximum Gasteiger partial charge on any atom is 0.330 e. The molecule has 3 N–H and O–H groups in total. The maximum absolute atomic E-state index is 13.1. The molecule has 1 aliphatic carbocycles. The van der Waals surface area contributed by atoms with Crippen molar-refractivity contribution >= 4 is 23.2 Å². The van der Waals surface area contributed by atoms with E-state index in [1.807, 2.05) is 12.1 Å². The van der Waals surface area contributed by atoms with E-state index in [-0.39, 0.29) is 28.4 Å². The van der Waals surface area contributed by atoms with Crippen LogP contribution in [0, 0.1) is 11.3 Å². The highest BCUT2D eigenvalue weighted by Gasteiger charge is 2.33. The molecule has 1 aliphatic heterocycles. The summed E-state index contributed by atoms with van der Waals surface area (Å²) in [4.78, 5) is 42.7. The fourth-order valence-corrected chi connectivity index (χ4v) is 6.62. The van der Waals surface area contributed by atoms with E-state index in [2.05, 4.69) is 16.7 Å². The van der Waals surface area contributed by atoms with Gasteiger partial charge < -0.3 is 29.8 Å². The van der Waals surface area contributed by atoms with Gasteiger partial charge in [-0.2, -0.15) is 5.26 Å². The molecule has 0 spiro atoms. The number of hydrogen-bond donors (Lipinski definition) is 3. The van der Waals surface area contributed by atoms with E-state index in [9.17, 15) is 24.8 Å². The van der Waals surface area contributed by atoms with Gasteiger partial charge in [0.05, 0.1) is 41.8 Å². The number of ether oxygens (including phenoxy) is 2. The average Bonchev–Trinajstić information content (AvgIpc) is 3.49. The Hall–Kier alpha value is -4.80. The molecule has 2 aromatic carbocycles. The van der Waals surface area contributed by atoms with Gasteiger partial charge in [-0.25, -0.2) is 9.78 Å². The number of nitrogens with one attached hydrogen (secondary N) is 2. The summed E-state index contributed by atoms with van der Waals surface area (Å²) in [6, 6.07) is 14.5. The number of aliphatic hydroxyl groups is 1. The number of aliphatic hydroxyl groups excluding tert-OH is 1. The van der Waals surface area contributed by atoms with Crippen LogP contribution in [0.1, 0.15) is 45.9 Å². The summed E-state index contributed by atoms with van der Waals surface area (Å²) >= 11 is 6.83. The van der Waals surface area contributed by atoms with Crippen molar-refractivity contribution in [3.63, 3.8) is 0 Å². The van der Waals surface area contributed by atoms with Crippen LogP contribution in [0.15, 0.2) is 58.3 Å². The molecule has 6 rings (SSSR count). The van der Waals surface area contributed by atoms with Crippen LogP contribution in [0.2, 0.25) is 5.02 Å². The summed E-state index contributed by atoms with van der Waals surface area (Å²) in [6.45, 7) is 0.886. The first-order valence-electron chi connectivity index (χ1n) is 15.1. The number of benzene rings is 2. The summed E-state index contributed by atoms with van der Waals surface area (Å²) in [5.74, 6) is -0.279. The molecule has 0 radical (unpaired) electrons. The second-order valence-corrected chi connectivity index (χ2v) is 12.0. The minimum absolute atomic E-state index is 0.0428. The topological polar surface area (TPSA) is 160 Å². The van der Waals surface area contributed by atoms with Crippen LogP contribution in [0.5, 0.6) is 5.88 Å². The molecule has 3 heterocycles. The van der Waals surface area contributed by atoms with E-state index in [0.717, 1.165) is 33.1 Å². The lowest BCUT2D eigenvalue weighted by atomic mass is 9.93. The van der Waals surface area contributed by atoms with E-state index >= 15 is 0 Å². The maximum atomic E-state index is 13.1. The molecule has 4 aromatic rings. The van der Waals surface area contributed by atoms with Crippen LogP contribution in [-0.2, 0) is 25.3 Å². The van der Waals surface area contributed by atoms with Gasteiger partial charge in [0.2, 0.25) is 5.88 Å². The second kappa shape index (κ2) is 13.1. The van der Waals surface area contributed by atoms with Crippen molar-refractivity contribution in [2.45, 2.75) is 37.5 Å². The molecule has 2 aliphatic rings. The summed E-state index contributed by atoms with van der Waals surface area (Å²) in [7, 11) is 4.31. The van der Waals surface area contributed by atoms with Crippen LogP contribution >= 0.6 is 11.6 Å². The first-order chi connectivity index (χ1) is 22.6. The number of halogens is 1. The number of hydrogen-bond acceptors (Lipinski definition) is 9. The molecule has 1 fully saturated rings. The van der Waals surface area contributed by atoms with Gasteiger partial charge in [0.1, 0.15) is 11.6 Å². The van der Waals surface area contributed by atoms with Gasteiger partial charge in [0.25, 0.3) is 11.5 Å². The Bertz CT molecular complexity index is 2050. The molecule has 0 saturated carbocycles. The number of carbonyl (C=O) groups excluding carboxylic acids is 1. The Morgan fingerprint density at radius 1 is 1.15 bits per heavy atom. The number of carbonyl (C=O) groups is 1. The van der Waals surface area contributed by atoms with E-state index in [4.69, 9.17) is 26.1 Å². The summed E-state index contributed by atoms with van der Waals surface area (Å²) in [6.07, 6.45) is 2.88. The molecule has 47 heavy (non-hydrogen) atoms. The number of rotatable bonds is 7. The van der Waals surface area contributed by atoms with Gasteiger partial charge in [-0.05, 0) is 37.0 Å². The van der Waals surface area contributed by atoms with Crippen LogP contribution < -0.4 is 26.6 Å². The number of aryl methyl sites for hydroxylation is 2. The van der Waals surface area contributed by atoms with Crippen molar-refractivity contribution in [2.75, 3.05) is 25.6 Å². The van der Waals surface area contributed by atoms with E-state index in [1.54, 1.807) is 37.4 Å². The Morgan fingerprint density at radius 2 is 1.89 bits per heavy atom. The van der Waals surface area contributed by atoms with Gasteiger partial charge in [-0.1, -0.05) is 41.9 Å². The van der Waals surface area contributed by atoms with Gasteiger partial charge >= 0.3 is 5.69 Å². The zero-order valence-electron chi connectivity index (χ0n) is 26.0. The SMILES string of the molecule is COc1nc(-c2cccc(-c3cccc(NC(=O)c4cn(C)c(=O)n(C)c4=O)c3Cl)c2C#N)cc2c1[C@@H](N[C@@H]1CCOC[C@@H]1O)CC2. The number of nitriles is 1. The average molecular weight is 657 g/mol. The standard InChI is InChI=1S/C34H33ClN6O6/c1-40-16-23(33(44)41(2)34(40)45)31(43)38-26-9-5-8-21(30(26)35)19-6-4-7-20(22(19)15-36)27-14-18-10-11-25(29(18)32(39-27)46-3)37-24-12-13-47-17-28(24)42/h4-9,14,16,24-25,28,37,42H,10-13,17H2,1-3H3,(H,38,43)/t24-,25+,28+/m1/s1. The third kappa shape index (κ3) is 5.94. The summed E-state index contributed by atoms with van der Waals surface area (Å²) in [5.41, 5.74) is 3.20. The lowest BCUT2D eigenvalue weighted by molar-refractivity contribution is -0.0304. The van der Waals surface area contributed by atoms with Crippen molar-refractivity contribution in [3.8, 4) is 34.3 Å². The molecule has 13 heteroatoms. The van der Waals surface area contributed by atoms with Crippen molar-refractivity contribution in [1.29, 1.82) is 5.26 Å². The van der Waals surface area contributed by atoms with Crippen LogP contribution in [0.4, 0.5) is 5.69 Å². The van der Waals surface area contributed by atoms with Crippen molar-refractivity contribution in [1.82, 2.24) is 19.4 Å². The molecule has 242 valence electrons. The number of amides is 1. The van der Waals surface area contributed by atoms with E-state index in [1.165, 1.54) is 20.3 Å². The van der Waals surface area contributed by atoms with Crippen molar-refractivity contribution in [2.24, 2.45) is 14.1 Å². The molecule has 1 amide bonds. The Labute approximate surface area is 275 Å². The molecular formula is C34H33ClN6O6. The predicted octanol–water partition coefficient (Wildman–Crippen LogP) is 3.33. The first kappa shape index (κ1) is 32.2. The van der Waals surface area contributed by atoms with Gasteiger partial charge in [-0.15, -0.1) is 0 Å². The van der Waals surface area contributed by atoms with Gasteiger partial charge in [0, 0.05) is 61.2 Å². The number of anilines is 1. The van der Waals surface area contributed by atoms with Crippen molar-refractivity contribution in [3.05, 3.63) is 96.8 Å². The minimum atomic E-state index is -0.738. The molecule has 2 aromatic heterocycles. The lowest BCUT2D eigenvalue weighted by Gasteiger charge is -2.31. The van der Waals surface area contributed by atoms with Crippen LogP contribution in [-0.4, -0.2) is 57.6 Å². The predicted molar refractivity (Wildman–Crippen MR) is 176 cm³/mol. The number of aromatic nitrogens is 3. The first-order valence-corrected chi connectivity index (χ1v) is 15.5. The Balaban J connectivity index is 1.34. The van der Waals surface area contributed by atoms with Crippen LogP contribution in [0.25, 0.3) is 22.4 Å². The molecule has 1 saturated heterocycles. The largest absolute Gasteiger partial charge is 0.481 e.